The van der Waals surface area contributed by atoms with Crippen molar-refractivity contribution < 1.29 is 4.39 Å². The van der Waals surface area contributed by atoms with Gasteiger partial charge in [-0.3, -0.25) is 0 Å². The summed E-state index contributed by atoms with van der Waals surface area (Å²) in [5.74, 6) is 0. The average Bonchev–Trinajstić information content (AvgIpc) is 2.66. The highest BCUT2D eigenvalue weighted by atomic mass is 19.1. The maximum atomic E-state index is 12.9. The van der Waals surface area contributed by atoms with Crippen molar-refractivity contribution in [3.8, 4) is 0 Å². The molecule has 84 valence electrons. The average molecular weight is 211 g/mol. The third-order valence-electron chi connectivity index (χ3n) is 2.68. The van der Waals surface area contributed by atoms with Gasteiger partial charge in [0.2, 0.25) is 0 Å². The molecule has 0 aromatic rings. The van der Waals surface area contributed by atoms with E-state index in [1.165, 1.54) is 12.4 Å². The Morgan fingerprint density at radius 1 is 1.60 bits per heavy atom. The highest BCUT2D eigenvalue weighted by Crippen LogP contribution is 2.20. The number of hydrogen-bond donors (Lipinski definition) is 2. The summed E-state index contributed by atoms with van der Waals surface area (Å²) < 4.78 is 12.9. The Kier molecular flexibility index (Phi) is 4.34. The minimum atomic E-state index is -0.714. The molecule has 1 rings (SSSR count). The molecule has 0 bridgehead atoms. The molecular formula is C11H18FN3. The smallest absolute Gasteiger partial charge is 0.119 e. The Morgan fingerprint density at radius 2 is 2.33 bits per heavy atom. The summed E-state index contributed by atoms with van der Waals surface area (Å²) in [6.07, 6.45) is 4.01. The van der Waals surface area contributed by atoms with Crippen molar-refractivity contribution >= 4 is 6.21 Å². The number of nitrogens with zero attached hydrogens (tertiary/aromatic N) is 1. The second kappa shape index (κ2) is 5.53. The van der Waals surface area contributed by atoms with Crippen molar-refractivity contribution in [3.63, 3.8) is 0 Å². The van der Waals surface area contributed by atoms with Gasteiger partial charge in [0.1, 0.15) is 6.17 Å². The molecule has 1 unspecified atom stereocenters. The number of rotatable bonds is 5. The molecule has 1 saturated heterocycles. The first-order valence-corrected chi connectivity index (χ1v) is 5.15. The van der Waals surface area contributed by atoms with E-state index in [9.17, 15) is 4.39 Å². The number of halogens is 1. The van der Waals surface area contributed by atoms with Crippen molar-refractivity contribution in [2.75, 3.05) is 13.1 Å². The first kappa shape index (κ1) is 11.8. The Balaban J connectivity index is 2.33. The predicted molar refractivity (Wildman–Crippen MR) is 60.5 cm³/mol. The predicted octanol–water partition coefficient (Wildman–Crippen LogP) is 1.82. The zero-order chi connectivity index (χ0) is 11.3. The molecule has 1 aliphatic heterocycles. The van der Waals surface area contributed by atoms with Gasteiger partial charge in [-0.2, -0.15) is 0 Å². The molecule has 1 atom stereocenters. The number of alkyl halides is 1. The van der Waals surface area contributed by atoms with Crippen molar-refractivity contribution in [2.45, 2.75) is 25.4 Å². The van der Waals surface area contributed by atoms with E-state index in [-0.39, 0.29) is 0 Å². The van der Waals surface area contributed by atoms with Crippen molar-refractivity contribution in [2.24, 2.45) is 5.73 Å². The summed E-state index contributed by atoms with van der Waals surface area (Å²) in [6, 6.07) is 0. The molecule has 0 spiro atoms. The van der Waals surface area contributed by atoms with Crippen molar-refractivity contribution in [1.82, 2.24) is 4.90 Å². The minimum absolute atomic E-state index is 0.463. The van der Waals surface area contributed by atoms with Crippen LogP contribution in [0.1, 0.15) is 19.3 Å². The first-order valence-electron chi connectivity index (χ1n) is 5.15. The Morgan fingerprint density at radius 3 is 2.80 bits per heavy atom. The summed E-state index contributed by atoms with van der Waals surface area (Å²) >= 11 is 0. The van der Waals surface area contributed by atoms with Gasteiger partial charge in [0.15, 0.2) is 0 Å². The summed E-state index contributed by atoms with van der Waals surface area (Å²) in [7, 11) is 0. The van der Waals surface area contributed by atoms with E-state index in [0.717, 1.165) is 24.2 Å². The van der Waals surface area contributed by atoms with E-state index in [0.29, 0.717) is 19.4 Å². The Bertz CT molecular complexity index is 273. The molecular weight excluding hydrogens is 193 g/mol. The quantitative estimate of drug-likeness (QED) is 0.681. The maximum Gasteiger partial charge on any atom is 0.119 e. The van der Waals surface area contributed by atoms with Crippen LogP contribution in [0.15, 0.2) is 24.0 Å². The van der Waals surface area contributed by atoms with Crippen LogP contribution in [0.5, 0.6) is 0 Å². The van der Waals surface area contributed by atoms with Crippen LogP contribution in [0, 0.1) is 5.41 Å². The lowest BCUT2D eigenvalue weighted by Crippen LogP contribution is -2.19. The number of nitrogens with one attached hydrogen (secondary N) is 1. The van der Waals surface area contributed by atoms with Crippen LogP contribution in [0.4, 0.5) is 4.39 Å². The third-order valence-corrected chi connectivity index (χ3v) is 2.68. The lowest BCUT2D eigenvalue weighted by molar-refractivity contribution is 0.320. The van der Waals surface area contributed by atoms with E-state index >= 15 is 0 Å². The van der Waals surface area contributed by atoms with Gasteiger partial charge in [-0.25, -0.2) is 4.39 Å². The highest BCUT2D eigenvalue weighted by Gasteiger charge is 2.22. The SMILES string of the molecule is C=C(CC/C(C=N)=C/N)N1CCC(F)C1. The standard InChI is InChI=1S/C11H18FN3/c1-9(2-3-10(6-13)7-14)15-5-4-11(12)8-15/h6-7,11,13H,1-5,8,14H2/b10-7-,13-6?. The molecule has 0 saturated carbocycles. The fourth-order valence-electron chi connectivity index (χ4n) is 1.66. The number of allylic oxidation sites excluding steroid dienone is 2. The Labute approximate surface area is 90.0 Å². The molecule has 0 amide bonds. The van der Waals surface area contributed by atoms with Gasteiger partial charge < -0.3 is 16.0 Å². The number of nitrogens with two attached hydrogens (primary N) is 1. The number of likely N-dealkylation sites (tertiary alicyclic amines) is 1. The van der Waals surface area contributed by atoms with Crippen LogP contribution >= 0.6 is 0 Å². The fraction of sp³-hybridized carbons (Fsp3) is 0.545. The zero-order valence-corrected chi connectivity index (χ0v) is 8.88. The van der Waals surface area contributed by atoms with Crippen LogP contribution in [0.3, 0.4) is 0 Å². The van der Waals surface area contributed by atoms with Gasteiger partial charge in [-0.15, -0.1) is 0 Å². The first-order chi connectivity index (χ1) is 7.17. The molecule has 3 nitrogen and oxygen atoms in total. The topological polar surface area (TPSA) is 53.1 Å². The van der Waals surface area contributed by atoms with Gasteiger partial charge in [-0.1, -0.05) is 6.58 Å². The lowest BCUT2D eigenvalue weighted by atomic mass is 10.1. The van der Waals surface area contributed by atoms with Crippen molar-refractivity contribution in [1.29, 1.82) is 5.41 Å². The van der Waals surface area contributed by atoms with Crippen LogP contribution in [-0.2, 0) is 0 Å². The largest absolute Gasteiger partial charge is 0.404 e. The molecule has 3 N–H and O–H groups in total. The fourth-order valence-corrected chi connectivity index (χ4v) is 1.66. The third kappa shape index (κ3) is 3.38. The zero-order valence-electron chi connectivity index (χ0n) is 8.88. The molecule has 0 aliphatic carbocycles. The summed E-state index contributed by atoms with van der Waals surface area (Å²) in [6.45, 7) is 5.15. The Hall–Kier alpha value is -1.32. The summed E-state index contributed by atoms with van der Waals surface area (Å²) in [5.41, 5.74) is 7.05. The molecule has 1 aliphatic rings. The van der Waals surface area contributed by atoms with Crippen LogP contribution < -0.4 is 5.73 Å². The van der Waals surface area contributed by atoms with Crippen molar-refractivity contribution in [3.05, 3.63) is 24.0 Å². The molecule has 0 aromatic heterocycles. The molecule has 15 heavy (non-hydrogen) atoms. The van der Waals surface area contributed by atoms with Gasteiger partial charge in [0, 0.05) is 25.0 Å². The highest BCUT2D eigenvalue weighted by molar-refractivity contribution is 5.75. The normalized spacial score (nSPS) is 21.8. The molecule has 4 heteroatoms. The van der Waals surface area contributed by atoms with Gasteiger partial charge in [0.25, 0.3) is 0 Å². The maximum absolute atomic E-state index is 12.9. The molecule has 0 radical (unpaired) electrons. The van der Waals surface area contributed by atoms with E-state index in [1.807, 2.05) is 4.90 Å². The van der Waals surface area contributed by atoms with E-state index in [2.05, 4.69) is 6.58 Å². The van der Waals surface area contributed by atoms with Crippen LogP contribution in [-0.4, -0.2) is 30.4 Å². The van der Waals surface area contributed by atoms with Crippen LogP contribution in [0.25, 0.3) is 0 Å². The van der Waals surface area contributed by atoms with Crippen LogP contribution in [0.2, 0.25) is 0 Å². The summed E-state index contributed by atoms with van der Waals surface area (Å²) in [5, 5.41) is 7.07. The monoisotopic (exact) mass is 211 g/mol. The number of hydrogen-bond acceptors (Lipinski definition) is 3. The van der Waals surface area contributed by atoms with E-state index in [1.54, 1.807) is 0 Å². The van der Waals surface area contributed by atoms with Gasteiger partial charge >= 0.3 is 0 Å². The second-order valence-corrected chi connectivity index (χ2v) is 3.78. The molecule has 1 fully saturated rings. The molecule has 1 heterocycles. The van der Waals surface area contributed by atoms with E-state index in [4.69, 9.17) is 11.1 Å². The molecule has 0 aromatic carbocycles. The summed E-state index contributed by atoms with van der Waals surface area (Å²) in [4.78, 5) is 1.97. The van der Waals surface area contributed by atoms with Gasteiger partial charge in [-0.05, 0) is 31.0 Å². The van der Waals surface area contributed by atoms with Gasteiger partial charge in [0.05, 0.1) is 0 Å². The van der Waals surface area contributed by atoms with E-state index < -0.39 is 6.17 Å². The lowest BCUT2D eigenvalue weighted by Gasteiger charge is -2.20. The minimum Gasteiger partial charge on any atom is -0.404 e. The second-order valence-electron chi connectivity index (χ2n) is 3.78.